The van der Waals surface area contributed by atoms with Gasteiger partial charge in [-0.05, 0) is 59.3 Å². The normalized spacial score (nSPS) is 15.7. The molecule has 3 heterocycles. The second-order valence-electron chi connectivity index (χ2n) is 6.26. The average molecular weight is 432 g/mol. The molecule has 2 aromatic heterocycles. The molecule has 2 aliphatic rings. The molecule has 1 aromatic carbocycles. The Morgan fingerprint density at radius 3 is 2.92 bits per heavy atom. The van der Waals surface area contributed by atoms with E-state index in [2.05, 4.69) is 26.0 Å². The third-order valence-electron chi connectivity index (χ3n) is 4.67. The van der Waals surface area contributed by atoms with Crippen molar-refractivity contribution in [3.63, 3.8) is 0 Å². The highest BCUT2D eigenvalue weighted by Crippen LogP contribution is 2.36. The van der Waals surface area contributed by atoms with Gasteiger partial charge in [0.05, 0.1) is 11.6 Å². The Morgan fingerprint density at radius 1 is 1.23 bits per heavy atom. The summed E-state index contributed by atoms with van der Waals surface area (Å²) in [5.41, 5.74) is 1.86. The number of thiophene rings is 1. The number of hydrogen-bond donors (Lipinski definition) is 0. The molecule has 0 saturated heterocycles. The summed E-state index contributed by atoms with van der Waals surface area (Å²) >= 11 is 5.14. The second-order valence-corrected chi connectivity index (χ2v) is 8.19. The van der Waals surface area contributed by atoms with Gasteiger partial charge in [-0.1, -0.05) is 0 Å². The molecule has 132 valence electrons. The van der Waals surface area contributed by atoms with E-state index in [0.29, 0.717) is 11.5 Å². The van der Waals surface area contributed by atoms with Crippen molar-refractivity contribution in [2.75, 3.05) is 6.79 Å². The molecule has 26 heavy (non-hydrogen) atoms. The fourth-order valence-corrected chi connectivity index (χ4v) is 5.02. The standard InChI is InChI=1S/C18H14BrN3O3S/c19-12-6-14-13(24-9-25-14)5-10(12)7-21-22-8-20-17-16(18(22)23)11-3-1-2-4-15(11)26-17/h5-8H,1-4,9H2/b21-7+. The summed E-state index contributed by atoms with van der Waals surface area (Å²) < 4.78 is 12.9. The number of hydrogen-bond acceptors (Lipinski definition) is 6. The topological polar surface area (TPSA) is 65.7 Å². The van der Waals surface area contributed by atoms with Crippen molar-refractivity contribution >= 4 is 43.7 Å². The van der Waals surface area contributed by atoms with E-state index in [9.17, 15) is 4.79 Å². The minimum absolute atomic E-state index is 0.109. The quantitative estimate of drug-likeness (QED) is 0.580. The zero-order valence-electron chi connectivity index (χ0n) is 13.7. The number of ether oxygens (including phenoxy) is 2. The average Bonchev–Trinajstić information content (AvgIpc) is 3.24. The first-order valence-electron chi connectivity index (χ1n) is 8.36. The molecule has 0 saturated carbocycles. The molecule has 0 N–H and O–H groups in total. The van der Waals surface area contributed by atoms with Gasteiger partial charge in [0.25, 0.3) is 5.56 Å². The third kappa shape index (κ3) is 2.55. The van der Waals surface area contributed by atoms with Crippen LogP contribution in [0.1, 0.15) is 28.8 Å². The summed E-state index contributed by atoms with van der Waals surface area (Å²) in [5.74, 6) is 1.36. The van der Waals surface area contributed by atoms with Crippen molar-refractivity contribution in [2.45, 2.75) is 25.7 Å². The first-order valence-corrected chi connectivity index (χ1v) is 9.97. The van der Waals surface area contributed by atoms with Gasteiger partial charge >= 0.3 is 0 Å². The predicted octanol–water partition coefficient (Wildman–Crippen LogP) is 3.71. The lowest BCUT2D eigenvalue weighted by atomic mass is 9.97. The summed E-state index contributed by atoms with van der Waals surface area (Å²) in [5, 5.41) is 5.07. The molecule has 1 aliphatic heterocycles. The van der Waals surface area contributed by atoms with Gasteiger partial charge in [-0.25, -0.2) is 4.98 Å². The van der Waals surface area contributed by atoms with Crippen LogP contribution in [0.15, 0.2) is 32.8 Å². The Hall–Kier alpha value is -2.19. The summed E-state index contributed by atoms with van der Waals surface area (Å²) in [7, 11) is 0. The van der Waals surface area contributed by atoms with Crippen LogP contribution in [0.4, 0.5) is 0 Å². The molecular formula is C18H14BrN3O3S. The smallest absolute Gasteiger partial charge is 0.282 e. The highest BCUT2D eigenvalue weighted by molar-refractivity contribution is 9.10. The van der Waals surface area contributed by atoms with Gasteiger partial charge < -0.3 is 9.47 Å². The molecule has 3 aromatic rings. The van der Waals surface area contributed by atoms with Gasteiger partial charge in [0, 0.05) is 14.9 Å². The number of nitrogens with zero attached hydrogens (tertiary/aromatic N) is 3. The zero-order chi connectivity index (χ0) is 17.7. The number of aromatic nitrogens is 2. The van der Waals surface area contributed by atoms with E-state index in [1.54, 1.807) is 17.6 Å². The third-order valence-corrected chi connectivity index (χ3v) is 6.56. The fourth-order valence-electron chi connectivity index (χ4n) is 3.38. The van der Waals surface area contributed by atoms with E-state index < -0.39 is 0 Å². The number of halogens is 1. The van der Waals surface area contributed by atoms with Crippen molar-refractivity contribution < 1.29 is 9.47 Å². The van der Waals surface area contributed by atoms with Crippen LogP contribution >= 0.6 is 27.3 Å². The lowest BCUT2D eigenvalue weighted by Gasteiger charge is -2.09. The van der Waals surface area contributed by atoms with E-state index in [-0.39, 0.29) is 12.4 Å². The number of aryl methyl sites for hydroxylation is 2. The maximum absolute atomic E-state index is 12.9. The Bertz CT molecular complexity index is 1120. The van der Waals surface area contributed by atoms with Crippen molar-refractivity contribution in [3.8, 4) is 11.5 Å². The van der Waals surface area contributed by atoms with E-state index >= 15 is 0 Å². The van der Waals surface area contributed by atoms with Gasteiger partial charge in [0.1, 0.15) is 11.2 Å². The molecule has 0 atom stereocenters. The van der Waals surface area contributed by atoms with Gasteiger partial charge in [0.2, 0.25) is 6.79 Å². The summed E-state index contributed by atoms with van der Waals surface area (Å²) in [4.78, 5) is 19.5. The summed E-state index contributed by atoms with van der Waals surface area (Å²) in [6.45, 7) is 0.214. The fraction of sp³-hybridized carbons (Fsp3) is 0.278. The minimum atomic E-state index is -0.109. The molecule has 0 radical (unpaired) electrons. The molecule has 1 aliphatic carbocycles. The van der Waals surface area contributed by atoms with Gasteiger partial charge in [0.15, 0.2) is 11.5 Å². The maximum atomic E-state index is 12.9. The highest BCUT2D eigenvalue weighted by atomic mass is 79.9. The molecule has 0 amide bonds. The van der Waals surface area contributed by atoms with E-state index in [1.807, 2.05) is 12.1 Å². The number of benzene rings is 1. The molecule has 0 unspecified atom stereocenters. The maximum Gasteiger partial charge on any atom is 0.282 e. The van der Waals surface area contributed by atoms with Crippen LogP contribution < -0.4 is 15.0 Å². The Morgan fingerprint density at radius 2 is 2.04 bits per heavy atom. The number of fused-ring (bicyclic) bond motifs is 4. The summed E-state index contributed by atoms with van der Waals surface area (Å²) in [6, 6.07) is 3.67. The van der Waals surface area contributed by atoms with Crippen molar-refractivity contribution in [2.24, 2.45) is 5.10 Å². The lowest BCUT2D eigenvalue weighted by Crippen LogP contribution is -2.18. The SMILES string of the molecule is O=c1c2c3c(sc2ncn1/N=C/c1cc2c(cc1Br)OCO2)CCCC3. The molecule has 0 bridgehead atoms. The van der Waals surface area contributed by atoms with Crippen LogP contribution in [-0.4, -0.2) is 22.7 Å². The Labute approximate surface area is 161 Å². The molecular weight excluding hydrogens is 418 g/mol. The van der Waals surface area contributed by atoms with Crippen molar-refractivity contribution in [1.29, 1.82) is 0 Å². The Kier molecular flexibility index (Phi) is 3.82. The van der Waals surface area contributed by atoms with Crippen LogP contribution in [0.2, 0.25) is 0 Å². The molecule has 0 fully saturated rings. The first-order chi connectivity index (χ1) is 12.7. The molecule has 6 nitrogen and oxygen atoms in total. The second kappa shape index (κ2) is 6.21. The monoisotopic (exact) mass is 431 g/mol. The van der Waals surface area contributed by atoms with Crippen molar-refractivity contribution in [1.82, 2.24) is 9.66 Å². The minimum Gasteiger partial charge on any atom is -0.454 e. The number of rotatable bonds is 2. The lowest BCUT2D eigenvalue weighted by molar-refractivity contribution is 0.174. The Balaban J connectivity index is 1.57. The largest absolute Gasteiger partial charge is 0.454 e. The van der Waals surface area contributed by atoms with E-state index in [4.69, 9.17) is 9.47 Å². The van der Waals surface area contributed by atoms with Gasteiger partial charge in [-0.2, -0.15) is 9.78 Å². The first kappa shape index (κ1) is 16.0. The zero-order valence-corrected chi connectivity index (χ0v) is 16.1. The van der Waals surface area contributed by atoms with E-state index in [1.165, 1.54) is 27.9 Å². The van der Waals surface area contributed by atoms with Crippen LogP contribution in [0.3, 0.4) is 0 Å². The van der Waals surface area contributed by atoms with Crippen LogP contribution in [0.25, 0.3) is 10.2 Å². The van der Waals surface area contributed by atoms with E-state index in [0.717, 1.165) is 39.5 Å². The molecule has 5 rings (SSSR count). The summed E-state index contributed by atoms with van der Waals surface area (Å²) in [6.07, 6.45) is 7.42. The highest BCUT2D eigenvalue weighted by Gasteiger charge is 2.20. The van der Waals surface area contributed by atoms with Gasteiger partial charge in [-0.3, -0.25) is 4.79 Å². The van der Waals surface area contributed by atoms with Crippen LogP contribution in [-0.2, 0) is 12.8 Å². The van der Waals surface area contributed by atoms with Crippen LogP contribution in [0.5, 0.6) is 11.5 Å². The van der Waals surface area contributed by atoms with Crippen LogP contribution in [0, 0.1) is 0 Å². The molecule has 8 heteroatoms. The molecule has 0 spiro atoms. The van der Waals surface area contributed by atoms with Gasteiger partial charge in [-0.15, -0.1) is 11.3 Å². The van der Waals surface area contributed by atoms with Crippen molar-refractivity contribution in [3.05, 3.63) is 49.3 Å². The predicted molar refractivity (Wildman–Crippen MR) is 104 cm³/mol.